The van der Waals surface area contributed by atoms with Crippen molar-refractivity contribution in [2.45, 2.75) is 45.8 Å². The Hall–Kier alpha value is -0.575. The first-order valence-electron chi connectivity index (χ1n) is 5.71. The summed E-state index contributed by atoms with van der Waals surface area (Å²) in [5, 5.41) is 0.617. The van der Waals surface area contributed by atoms with Gasteiger partial charge in [-0.3, -0.25) is 4.98 Å². The maximum Gasteiger partial charge on any atom is 0.516 e. The lowest BCUT2D eigenvalue weighted by Crippen LogP contribution is -2.41. The highest BCUT2D eigenvalue weighted by molar-refractivity contribution is 6.64. The summed E-state index contributed by atoms with van der Waals surface area (Å²) in [4.78, 5) is 4.27. The number of pyridine rings is 1. The summed E-state index contributed by atoms with van der Waals surface area (Å²) in [6.07, 6.45) is 1.72. The van der Waals surface area contributed by atoms with Crippen LogP contribution in [0.5, 0.6) is 0 Å². The number of nitrogens with zero attached hydrogens (tertiary/aromatic N) is 1. The highest BCUT2D eigenvalue weighted by Crippen LogP contribution is 2.36. The standard InChI is InChI=1S/C12H17BClNO2/c1-8-6-7-15-10(9(8)14)13-16-11(2,3)12(4,5)17-13/h6-7H,1-5H3. The van der Waals surface area contributed by atoms with Crippen LogP contribution < -0.4 is 5.59 Å². The third-order valence-electron chi connectivity index (χ3n) is 3.59. The van der Waals surface area contributed by atoms with Gasteiger partial charge in [0.2, 0.25) is 0 Å². The summed E-state index contributed by atoms with van der Waals surface area (Å²) in [5.41, 5.74) is 0.899. The van der Waals surface area contributed by atoms with Gasteiger partial charge in [-0.2, -0.15) is 0 Å². The van der Waals surface area contributed by atoms with Gasteiger partial charge in [0, 0.05) is 6.20 Å². The van der Waals surface area contributed by atoms with Crippen LogP contribution in [0.4, 0.5) is 0 Å². The number of rotatable bonds is 1. The summed E-state index contributed by atoms with van der Waals surface area (Å²) in [5.74, 6) is 0. The van der Waals surface area contributed by atoms with Crippen LogP contribution in [0.2, 0.25) is 5.02 Å². The van der Waals surface area contributed by atoms with Crippen LogP contribution >= 0.6 is 11.6 Å². The van der Waals surface area contributed by atoms with E-state index in [4.69, 9.17) is 20.9 Å². The molecule has 0 bridgehead atoms. The average molecular weight is 254 g/mol. The van der Waals surface area contributed by atoms with Gasteiger partial charge < -0.3 is 9.31 Å². The number of aryl methyl sites for hydroxylation is 1. The van der Waals surface area contributed by atoms with Gasteiger partial charge in [0.05, 0.1) is 21.8 Å². The zero-order valence-electron chi connectivity index (χ0n) is 10.9. The first-order valence-corrected chi connectivity index (χ1v) is 6.09. The molecule has 0 spiro atoms. The molecule has 92 valence electrons. The lowest BCUT2D eigenvalue weighted by molar-refractivity contribution is 0.00578. The van der Waals surface area contributed by atoms with Gasteiger partial charge in [-0.25, -0.2) is 0 Å². The summed E-state index contributed by atoms with van der Waals surface area (Å²) >= 11 is 6.24. The second-order valence-corrected chi connectivity index (χ2v) is 5.79. The lowest BCUT2D eigenvalue weighted by Gasteiger charge is -2.32. The second-order valence-electron chi connectivity index (χ2n) is 5.42. The molecule has 0 saturated carbocycles. The highest BCUT2D eigenvalue weighted by Gasteiger charge is 2.52. The molecule has 0 atom stereocenters. The average Bonchev–Trinajstić information content (AvgIpc) is 2.40. The van der Waals surface area contributed by atoms with Crippen molar-refractivity contribution in [3.8, 4) is 0 Å². The molecule has 0 aliphatic carbocycles. The molecular weight excluding hydrogens is 236 g/mol. The number of hydrogen-bond donors (Lipinski definition) is 0. The lowest BCUT2D eigenvalue weighted by atomic mass is 9.83. The fourth-order valence-corrected chi connectivity index (χ4v) is 1.88. The van der Waals surface area contributed by atoms with Crippen molar-refractivity contribution in [2.75, 3.05) is 0 Å². The number of halogens is 1. The van der Waals surface area contributed by atoms with E-state index in [2.05, 4.69) is 4.98 Å². The third kappa shape index (κ3) is 2.10. The van der Waals surface area contributed by atoms with E-state index < -0.39 is 7.12 Å². The normalized spacial score (nSPS) is 21.9. The van der Waals surface area contributed by atoms with Gasteiger partial charge >= 0.3 is 7.12 Å². The van der Waals surface area contributed by atoms with Crippen molar-refractivity contribution in [2.24, 2.45) is 0 Å². The van der Waals surface area contributed by atoms with Crippen LogP contribution in [0.3, 0.4) is 0 Å². The van der Waals surface area contributed by atoms with E-state index in [0.717, 1.165) is 5.56 Å². The molecule has 2 heterocycles. The van der Waals surface area contributed by atoms with Gasteiger partial charge in [-0.05, 0) is 46.2 Å². The largest absolute Gasteiger partial charge is 0.516 e. The molecule has 0 N–H and O–H groups in total. The fourth-order valence-electron chi connectivity index (χ4n) is 1.68. The van der Waals surface area contributed by atoms with E-state index in [9.17, 15) is 0 Å². The van der Waals surface area contributed by atoms with Gasteiger partial charge in [0.15, 0.2) is 0 Å². The summed E-state index contributed by atoms with van der Waals surface area (Å²) in [6, 6.07) is 1.87. The van der Waals surface area contributed by atoms with Gasteiger partial charge in [-0.1, -0.05) is 11.6 Å². The van der Waals surface area contributed by atoms with E-state index in [-0.39, 0.29) is 11.2 Å². The minimum absolute atomic E-state index is 0.369. The SMILES string of the molecule is Cc1ccnc(B2OC(C)(C)C(C)(C)O2)c1Cl. The molecule has 5 heteroatoms. The first kappa shape index (κ1) is 12.9. The van der Waals surface area contributed by atoms with Gasteiger partial charge in [0.25, 0.3) is 0 Å². The molecule has 17 heavy (non-hydrogen) atoms. The van der Waals surface area contributed by atoms with Crippen LogP contribution in [0.15, 0.2) is 12.3 Å². The van der Waals surface area contributed by atoms with Gasteiger partial charge in [-0.15, -0.1) is 0 Å². The van der Waals surface area contributed by atoms with E-state index in [0.29, 0.717) is 10.6 Å². The molecular formula is C12H17BClNO2. The minimum atomic E-state index is -0.493. The molecule has 1 aliphatic heterocycles. The Balaban J connectivity index is 2.36. The predicted octanol–water partition coefficient (Wildman–Crippen LogP) is 2.34. The molecule has 0 radical (unpaired) electrons. The minimum Gasteiger partial charge on any atom is -0.398 e. The Bertz CT molecular complexity index is 432. The van der Waals surface area contributed by atoms with E-state index in [1.807, 2.05) is 40.7 Å². The Kier molecular flexibility index (Phi) is 3.01. The molecule has 2 rings (SSSR count). The highest BCUT2D eigenvalue weighted by atomic mass is 35.5. The topological polar surface area (TPSA) is 31.4 Å². The van der Waals surface area contributed by atoms with Crippen molar-refractivity contribution in [3.05, 3.63) is 22.8 Å². The second kappa shape index (κ2) is 3.97. The fraction of sp³-hybridized carbons (Fsp3) is 0.583. The summed E-state index contributed by atoms with van der Waals surface area (Å²) in [7, 11) is -0.493. The smallest absolute Gasteiger partial charge is 0.398 e. The van der Waals surface area contributed by atoms with E-state index >= 15 is 0 Å². The Morgan fingerprint density at radius 1 is 1.18 bits per heavy atom. The van der Waals surface area contributed by atoms with E-state index in [1.54, 1.807) is 6.20 Å². The Labute approximate surface area is 108 Å². The van der Waals surface area contributed by atoms with Gasteiger partial charge in [0.1, 0.15) is 0 Å². The van der Waals surface area contributed by atoms with Crippen LogP contribution in [0.1, 0.15) is 33.3 Å². The summed E-state index contributed by atoms with van der Waals surface area (Å²) in [6.45, 7) is 9.99. The zero-order chi connectivity index (χ0) is 12.8. The summed E-state index contributed by atoms with van der Waals surface area (Å²) < 4.78 is 11.8. The van der Waals surface area contributed by atoms with Crippen molar-refractivity contribution in [3.63, 3.8) is 0 Å². The van der Waals surface area contributed by atoms with Crippen molar-refractivity contribution in [1.29, 1.82) is 0 Å². The molecule has 0 unspecified atom stereocenters. The quantitative estimate of drug-likeness (QED) is 0.720. The molecule has 1 aromatic rings. The zero-order valence-corrected chi connectivity index (χ0v) is 11.6. The molecule has 1 fully saturated rings. The van der Waals surface area contributed by atoms with Crippen LogP contribution in [0, 0.1) is 6.92 Å². The van der Waals surface area contributed by atoms with Crippen LogP contribution in [-0.4, -0.2) is 23.3 Å². The van der Waals surface area contributed by atoms with Crippen LogP contribution in [0.25, 0.3) is 0 Å². The molecule has 0 amide bonds. The molecule has 1 aliphatic rings. The Morgan fingerprint density at radius 2 is 1.71 bits per heavy atom. The van der Waals surface area contributed by atoms with Crippen molar-refractivity contribution >= 4 is 24.3 Å². The third-order valence-corrected chi connectivity index (χ3v) is 4.08. The monoisotopic (exact) mass is 253 g/mol. The van der Waals surface area contributed by atoms with Crippen molar-refractivity contribution in [1.82, 2.24) is 4.98 Å². The van der Waals surface area contributed by atoms with E-state index in [1.165, 1.54) is 0 Å². The number of aromatic nitrogens is 1. The predicted molar refractivity (Wildman–Crippen MR) is 69.7 cm³/mol. The number of hydrogen-bond acceptors (Lipinski definition) is 3. The maximum absolute atomic E-state index is 6.24. The van der Waals surface area contributed by atoms with Crippen molar-refractivity contribution < 1.29 is 9.31 Å². The molecule has 0 aromatic carbocycles. The molecule has 3 nitrogen and oxygen atoms in total. The molecule has 1 saturated heterocycles. The Morgan fingerprint density at radius 3 is 2.24 bits per heavy atom. The first-order chi connectivity index (χ1) is 7.74. The van der Waals surface area contributed by atoms with Crippen LogP contribution in [-0.2, 0) is 9.31 Å². The maximum atomic E-state index is 6.24. The molecule has 1 aromatic heterocycles.